The van der Waals surface area contributed by atoms with Gasteiger partial charge in [-0.15, -0.1) is 0 Å². The van der Waals surface area contributed by atoms with Crippen LogP contribution in [0.3, 0.4) is 0 Å². The first-order valence-corrected chi connectivity index (χ1v) is 7.03. The molecule has 0 atom stereocenters. The van der Waals surface area contributed by atoms with Gasteiger partial charge in [0.05, 0.1) is 5.02 Å². The molecule has 0 N–H and O–H groups in total. The highest BCUT2D eigenvalue weighted by molar-refractivity contribution is 6.35. The number of hydrogen-bond donors (Lipinski definition) is 0. The lowest BCUT2D eigenvalue weighted by molar-refractivity contribution is -0.125. The molecular weight excluding hydrogens is 271 g/mol. The second kappa shape index (κ2) is 6.44. The molecule has 18 heavy (non-hydrogen) atoms. The van der Waals surface area contributed by atoms with Crippen LogP contribution in [0, 0.1) is 5.92 Å². The van der Waals surface area contributed by atoms with E-state index in [2.05, 4.69) is 0 Å². The number of halogens is 2. The Hall–Kier alpha value is -0.730. The summed E-state index contributed by atoms with van der Waals surface area (Å²) in [7, 11) is 0. The number of carbonyl (C=O) groups is 1. The molecular formula is C14H16Cl2O2. The van der Waals surface area contributed by atoms with Crippen molar-refractivity contribution in [1.82, 2.24) is 0 Å². The summed E-state index contributed by atoms with van der Waals surface area (Å²) in [6.45, 7) is 0.103. The number of rotatable bonds is 4. The van der Waals surface area contributed by atoms with Crippen molar-refractivity contribution in [1.29, 1.82) is 0 Å². The minimum atomic E-state index is 0.103. The summed E-state index contributed by atoms with van der Waals surface area (Å²) in [6.07, 6.45) is 5.54. The molecule has 0 saturated heterocycles. The lowest BCUT2D eigenvalue weighted by Crippen LogP contribution is -2.23. The van der Waals surface area contributed by atoms with Crippen LogP contribution in [-0.4, -0.2) is 12.4 Å². The summed E-state index contributed by atoms with van der Waals surface area (Å²) >= 11 is 11.8. The minimum absolute atomic E-state index is 0.103. The zero-order valence-electron chi connectivity index (χ0n) is 10.1. The van der Waals surface area contributed by atoms with Gasteiger partial charge in [0.1, 0.15) is 12.4 Å². The average Bonchev–Trinajstić information content (AvgIpc) is 2.38. The number of ether oxygens (including phenoxy) is 1. The Labute approximate surface area is 117 Å². The van der Waals surface area contributed by atoms with Gasteiger partial charge in [0.2, 0.25) is 0 Å². The van der Waals surface area contributed by atoms with E-state index < -0.39 is 0 Å². The highest BCUT2D eigenvalue weighted by atomic mass is 35.5. The SMILES string of the molecule is O=C(COc1ccc(Cl)cc1Cl)C1CCCCC1. The number of ketones is 1. The maximum Gasteiger partial charge on any atom is 0.173 e. The van der Waals surface area contributed by atoms with Gasteiger partial charge in [0.15, 0.2) is 5.78 Å². The molecule has 1 aromatic carbocycles. The fraction of sp³-hybridized carbons (Fsp3) is 0.500. The van der Waals surface area contributed by atoms with Crippen LogP contribution >= 0.6 is 23.2 Å². The highest BCUT2D eigenvalue weighted by Gasteiger charge is 2.21. The van der Waals surface area contributed by atoms with Gasteiger partial charge >= 0.3 is 0 Å². The smallest absolute Gasteiger partial charge is 0.173 e. The number of Topliss-reactive ketones (excluding diaryl/α,β-unsaturated/α-hetero) is 1. The number of hydrogen-bond acceptors (Lipinski definition) is 2. The minimum Gasteiger partial charge on any atom is -0.484 e. The van der Waals surface area contributed by atoms with E-state index in [4.69, 9.17) is 27.9 Å². The molecule has 0 aliphatic heterocycles. The largest absolute Gasteiger partial charge is 0.484 e. The van der Waals surface area contributed by atoms with Crippen molar-refractivity contribution in [2.75, 3.05) is 6.61 Å². The molecule has 0 bridgehead atoms. The number of carbonyl (C=O) groups excluding carboxylic acids is 1. The summed E-state index contributed by atoms with van der Waals surface area (Å²) in [4.78, 5) is 12.0. The third-order valence-corrected chi connectivity index (χ3v) is 3.85. The third kappa shape index (κ3) is 3.63. The zero-order chi connectivity index (χ0) is 13.0. The van der Waals surface area contributed by atoms with Crippen LogP contribution in [0.5, 0.6) is 5.75 Å². The number of benzene rings is 1. The van der Waals surface area contributed by atoms with Gasteiger partial charge in [-0.3, -0.25) is 4.79 Å². The van der Waals surface area contributed by atoms with Crippen molar-refractivity contribution in [2.45, 2.75) is 32.1 Å². The standard InChI is InChI=1S/C14H16Cl2O2/c15-11-6-7-14(12(16)8-11)18-9-13(17)10-4-2-1-3-5-10/h6-8,10H,1-5,9H2. The summed E-state index contributed by atoms with van der Waals surface area (Å²) in [5.74, 6) is 0.871. The molecule has 1 aliphatic carbocycles. The fourth-order valence-corrected chi connectivity index (χ4v) is 2.75. The van der Waals surface area contributed by atoms with Gasteiger partial charge in [-0.2, -0.15) is 0 Å². The molecule has 1 aliphatic rings. The lowest BCUT2D eigenvalue weighted by atomic mass is 9.86. The van der Waals surface area contributed by atoms with Gasteiger partial charge in [-0.25, -0.2) is 0 Å². The summed E-state index contributed by atoms with van der Waals surface area (Å²) < 4.78 is 5.47. The topological polar surface area (TPSA) is 26.3 Å². The van der Waals surface area contributed by atoms with Crippen LogP contribution in [0.2, 0.25) is 10.0 Å². The maximum absolute atomic E-state index is 12.0. The Morgan fingerprint density at radius 1 is 1.22 bits per heavy atom. The highest BCUT2D eigenvalue weighted by Crippen LogP contribution is 2.28. The Morgan fingerprint density at radius 3 is 2.61 bits per heavy atom. The van der Waals surface area contributed by atoms with Crippen LogP contribution in [0.1, 0.15) is 32.1 Å². The van der Waals surface area contributed by atoms with Gasteiger partial charge in [-0.05, 0) is 31.0 Å². The fourth-order valence-electron chi connectivity index (χ4n) is 2.28. The average molecular weight is 287 g/mol. The Balaban J connectivity index is 1.88. The molecule has 0 amide bonds. The van der Waals surface area contributed by atoms with E-state index in [9.17, 15) is 4.79 Å². The molecule has 0 aromatic heterocycles. The molecule has 0 spiro atoms. The molecule has 0 unspecified atom stereocenters. The van der Waals surface area contributed by atoms with E-state index in [0.717, 1.165) is 25.7 Å². The van der Waals surface area contributed by atoms with Crippen LogP contribution in [0.15, 0.2) is 18.2 Å². The van der Waals surface area contributed by atoms with E-state index >= 15 is 0 Å². The Morgan fingerprint density at radius 2 is 1.94 bits per heavy atom. The first-order chi connectivity index (χ1) is 8.66. The summed E-state index contributed by atoms with van der Waals surface area (Å²) in [5.41, 5.74) is 0. The summed E-state index contributed by atoms with van der Waals surface area (Å²) in [5, 5.41) is 1.00. The molecule has 1 aromatic rings. The van der Waals surface area contributed by atoms with Crippen LogP contribution in [0.25, 0.3) is 0 Å². The van der Waals surface area contributed by atoms with Crippen molar-refractivity contribution in [3.63, 3.8) is 0 Å². The van der Waals surface area contributed by atoms with E-state index in [1.807, 2.05) is 0 Å². The van der Waals surface area contributed by atoms with Crippen LogP contribution in [0.4, 0.5) is 0 Å². The second-order valence-corrected chi connectivity index (χ2v) is 5.51. The predicted octanol–water partition coefficient (Wildman–Crippen LogP) is 4.52. The van der Waals surface area contributed by atoms with E-state index in [1.165, 1.54) is 6.42 Å². The Kier molecular flexibility index (Phi) is 4.90. The first kappa shape index (κ1) is 13.7. The molecule has 2 nitrogen and oxygen atoms in total. The van der Waals surface area contributed by atoms with Gasteiger partial charge in [-0.1, -0.05) is 42.5 Å². The van der Waals surface area contributed by atoms with Crippen molar-refractivity contribution in [3.05, 3.63) is 28.2 Å². The lowest BCUT2D eigenvalue weighted by Gasteiger charge is -2.20. The van der Waals surface area contributed by atoms with E-state index in [0.29, 0.717) is 15.8 Å². The van der Waals surface area contributed by atoms with Gasteiger partial charge in [0.25, 0.3) is 0 Å². The molecule has 4 heteroatoms. The second-order valence-electron chi connectivity index (χ2n) is 4.66. The van der Waals surface area contributed by atoms with Crippen molar-refractivity contribution < 1.29 is 9.53 Å². The zero-order valence-corrected chi connectivity index (χ0v) is 11.6. The summed E-state index contributed by atoms with van der Waals surface area (Å²) in [6, 6.07) is 5.01. The molecule has 98 valence electrons. The van der Waals surface area contributed by atoms with Gasteiger partial charge in [0, 0.05) is 10.9 Å². The molecule has 0 radical (unpaired) electrons. The molecule has 1 saturated carbocycles. The molecule has 0 heterocycles. The van der Waals surface area contributed by atoms with Crippen LogP contribution < -0.4 is 4.74 Å². The van der Waals surface area contributed by atoms with E-state index in [-0.39, 0.29) is 18.3 Å². The maximum atomic E-state index is 12.0. The predicted molar refractivity (Wildman–Crippen MR) is 73.5 cm³/mol. The van der Waals surface area contributed by atoms with Crippen molar-refractivity contribution in [2.24, 2.45) is 5.92 Å². The molecule has 2 rings (SSSR count). The Bertz CT molecular complexity index is 426. The monoisotopic (exact) mass is 286 g/mol. The van der Waals surface area contributed by atoms with Gasteiger partial charge < -0.3 is 4.74 Å². The first-order valence-electron chi connectivity index (χ1n) is 6.27. The van der Waals surface area contributed by atoms with Crippen molar-refractivity contribution >= 4 is 29.0 Å². The van der Waals surface area contributed by atoms with Crippen LogP contribution in [-0.2, 0) is 4.79 Å². The third-order valence-electron chi connectivity index (χ3n) is 3.32. The molecule has 1 fully saturated rings. The van der Waals surface area contributed by atoms with Crippen molar-refractivity contribution in [3.8, 4) is 5.75 Å². The normalized spacial score (nSPS) is 16.6. The van der Waals surface area contributed by atoms with E-state index in [1.54, 1.807) is 18.2 Å². The quantitative estimate of drug-likeness (QED) is 0.813.